The van der Waals surface area contributed by atoms with E-state index in [1.165, 1.54) is 0 Å². The summed E-state index contributed by atoms with van der Waals surface area (Å²) >= 11 is 6.33. The summed E-state index contributed by atoms with van der Waals surface area (Å²) in [6, 6.07) is 0. The van der Waals surface area contributed by atoms with Crippen molar-refractivity contribution in [2.45, 2.75) is 64.4 Å². The summed E-state index contributed by atoms with van der Waals surface area (Å²) in [4.78, 5) is 0. The Morgan fingerprint density at radius 1 is 1.24 bits per heavy atom. The summed E-state index contributed by atoms with van der Waals surface area (Å²) in [6.45, 7) is 8.84. The summed E-state index contributed by atoms with van der Waals surface area (Å²) in [7, 11) is -0.535. The molecule has 2 fully saturated rings. The first-order valence-corrected chi connectivity index (χ1v) is 7.90. The topological polar surface area (TPSA) is 45.5 Å². The smallest absolute Gasteiger partial charge is 0.398 e. The predicted octanol–water partition coefficient (Wildman–Crippen LogP) is 2.53. The molecule has 3 rings (SSSR count). The summed E-state index contributed by atoms with van der Waals surface area (Å²) in [5.74, 6) is 0. The molecule has 2 aliphatic rings. The first-order valence-electron chi connectivity index (χ1n) is 7.52. The second-order valence-corrected chi connectivity index (χ2v) is 7.16. The van der Waals surface area contributed by atoms with Crippen LogP contribution in [0.25, 0.3) is 0 Å². The van der Waals surface area contributed by atoms with E-state index in [1.54, 1.807) is 10.9 Å². The van der Waals surface area contributed by atoms with Gasteiger partial charge in [-0.15, -0.1) is 0 Å². The fourth-order valence-electron chi connectivity index (χ4n) is 2.58. The third-order valence-corrected chi connectivity index (χ3v) is 4.93. The van der Waals surface area contributed by atoms with Gasteiger partial charge in [0.05, 0.1) is 16.2 Å². The molecule has 0 aromatic carbocycles. The lowest BCUT2D eigenvalue weighted by atomic mass is 9.85. The van der Waals surface area contributed by atoms with Gasteiger partial charge >= 0.3 is 7.12 Å². The van der Waals surface area contributed by atoms with E-state index in [0.29, 0.717) is 10.6 Å². The van der Waals surface area contributed by atoms with Crippen LogP contribution in [0.5, 0.6) is 0 Å². The van der Waals surface area contributed by atoms with Gasteiger partial charge in [0.1, 0.15) is 11.8 Å². The lowest BCUT2D eigenvalue weighted by molar-refractivity contribution is -0.0393. The van der Waals surface area contributed by atoms with Crippen molar-refractivity contribution < 1.29 is 14.0 Å². The Bertz CT molecular complexity index is 510. The zero-order chi connectivity index (χ0) is 15.3. The molecule has 21 heavy (non-hydrogen) atoms. The third-order valence-electron chi connectivity index (χ3n) is 4.64. The van der Waals surface area contributed by atoms with Crippen LogP contribution < -0.4 is 5.59 Å². The van der Waals surface area contributed by atoms with Gasteiger partial charge in [0.25, 0.3) is 0 Å². The fraction of sp³-hybridized carbons (Fsp3) is 0.786. The molecule has 3 heterocycles. The highest BCUT2D eigenvalue weighted by Crippen LogP contribution is 2.37. The molecule has 1 atom stereocenters. The van der Waals surface area contributed by atoms with E-state index in [4.69, 9.17) is 25.6 Å². The summed E-state index contributed by atoms with van der Waals surface area (Å²) in [5.41, 5.74) is -0.164. The molecule has 2 saturated heterocycles. The van der Waals surface area contributed by atoms with Crippen molar-refractivity contribution in [1.82, 2.24) is 9.78 Å². The maximum absolute atomic E-state index is 6.33. The van der Waals surface area contributed by atoms with E-state index >= 15 is 0 Å². The minimum Gasteiger partial charge on any atom is -0.398 e. The predicted molar refractivity (Wildman–Crippen MR) is 81.8 cm³/mol. The van der Waals surface area contributed by atoms with Crippen LogP contribution in [0.15, 0.2) is 6.20 Å². The lowest BCUT2D eigenvalue weighted by Gasteiger charge is -2.32. The Kier molecular flexibility index (Phi) is 3.85. The van der Waals surface area contributed by atoms with Gasteiger partial charge < -0.3 is 14.0 Å². The van der Waals surface area contributed by atoms with Gasteiger partial charge in [0.15, 0.2) is 0 Å². The van der Waals surface area contributed by atoms with Crippen LogP contribution in [0, 0.1) is 0 Å². The Balaban J connectivity index is 1.82. The van der Waals surface area contributed by atoms with E-state index < -0.39 is 18.3 Å². The standard InChI is InChI=1S/C14H22BClN2O3/c1-13(2)14(3,4)21-15(20-13)12-10(16)9-18(17-12)11-7-5-6-8-19-11/h9,11H,5-8H2,1-4H3. The fourth-order valence-corrected chi connectivity index (χ4v) is 2.80. The van der Waals surface area contributed by atoms with Crippen LogP contribution in [0.3, 0.4) is 0 Å². The number of nitrogens with zero attached hydrogens (tertiary/aromatic N) is 2. The number of aromatic nitrogens is 2. The zero-order valence-corrected chi connectivity index (χ0v) is 13.8. The highest BCUT2D eigenvalue weighted by molar-refractivity contribution is 6.64. The number of rotatable bonds is 2. The van der Waals surface area contributed by atoms with Crippen molar-refractivity contribution >= 4 is 24.3 Å². The maximum Gasteiger partial charge on any atom is 0.518 e. The molecule has 0 amide bonds. The molecule has 7 heteroatoms. The van der Waals surface area contributed by atoms with Crippen LogP contribution in [-0.2, 0) is 14.0 Å². The number of ether oxygens (including phenoxy) is 1. The highest BCUT2D eigenvalue weighted by atomic mass is 35.5. The second kappa shape index (κ2) is 5.27. The molecule has 0 spiro atoms. The normalized spacial score (nSPS) is 28.0. The SMILES string of the molecule is CC1(C)OB(c2nn(C3CCCCO3)cc2Cl)OC1(C)C. The Morgan fingerprint density at radius 2 is 1.90 bits per heavy atom. The van der Waals surface area contributed by atoms with Crippen molar-refractivity contribution in [3.63, 3.8) is 0 Å². The van der Waals surface area contributed by atoms with Crippen LogP contribution in [0.1, 0.15) is 53.2 Å². The van der Waals surface area contributed by atoms with Crippen molar-refractivity contribution in [2.75, 3.05) is 6.61 Å². The minimum atomic E-state index is -0.535. The van der Waals surface area contributed by atoms with E-state index in [-0.39, 0.29) is 6.23 Å². The van der Waals surface area contributed by atoms with Crippen LogP contribution in [0.2, 0.25) is 5.02 Å². The van der Waals surface area contributed by atoms with Gasteiger partial charge in [-0.1, -0.05) is 11.6 Å². The Morgan fingerprint density at radius 3 is 2.48 bits per heavy atom. The second-order valence-electron chi connectivity index (χ2n) is 6.75. The van der Waals surface area contributed by atoms with Crippen LogP contribution in [-0.4, -0.2) is 34.7 Å². The van der Waals surface area contributed by atoms with Crippen LogP contribution >= 0.6 is 11.6 Å². The van der Waals surface area contributed by atoms with E-state index in [2.05, 4.69) is 5.10 Å². The molecule has 0 radical (unpaired) electrons. The minimum absolute atomic E-state index is 0.0348. The summed E-state index contributed by atoms with van der Waals surface area (Å²) in [6.07, 6.45) is 4.98. The molecule has 5 nitrogen and oxygen atoms in total. The first-order chi connectivity index (χ1) is 9.80. The molecule has 2 aliphatic heterocycles. The molecule has 116 valence electrons. The Labute approximate surface area is 131 Å². The molecule has 0 saturated carbocycles. The van der Waals surface area contributed by atoms with E-state index in [1.807, 2.05) is 27.7 Å². The molecular weight excluding hydrogens is 290 g/mol. The highest BCUT2D eigenvalue weighted by Gasteiger charge is 2.53. The van der Waals surface area contributed by atoms with Crippen molar-refractivity contribution in [3.8, 4) is 0 Å². The van der Waals surface area contributed by atoms with E-state index in [9.17, 15) is 0 Å². The molecule has 0 aliphatic carbocycles. The molecular formula is C14H22BClN2O3. The van der Waals surface area contributed by atoms with Gasteiger partial charge in [-0.2, -0.15) is 5.10 Å². The molecule has 1 aromatic rings. The maximum atomic E-state index is 6.33. The van der Waals surface area contributed by atoms with Gasteiger partial charge in [-0.3, -0.25) is 0 Å². The molecule has 1 unspecified atom stereocenters. The van der Waals surface area contributed by atoms with Gasteiger partial charge in [-0.25, -0.2) is 4.68 Å². The van der Waals surface area contributed by atoms with Crippen molar-refractivity contribution in [3.05, 3.63) is 11.2 Å². The average molecular weight is 313 g/mol. The summed E-state index contributed by atoms with van der Waals surface area (Å²) in [5, 5.41) is 5.11. The molecule has 1 aromatic heterocycles. The van der Waals surface area contributed by atoms with Gasteiger partial charge in [0.2, 0.25) is 0 Å². The number of hydrogen-bond donors (Lipinski definition) is 0. The van der Waals surface area contributed by atoms with Crippen LogP contribution in [0.4, 0.5) is 0 Å². The monoisotopic (exact) mass is 312 g/mol. The first kappa shape index (κ1) is 15.3. The number of halogens is 1. The van der Waals surface area contributed by atoms with Gasteiger partial charge in [0, 0.05) is 12.8 Å². The van der Waals surface area contributed by atoms with Crippen molar-refractivity contribution in [1.29, 1.82) is 0 Å². The average Bonchev–Trinajstić information content (AvgIpc) is 2.89. The third kappa shape index (κ3) is 2.74. The summed E-state index contributed by atoms with van der Waals surface area (Å²) < 4.78 is 19.5. The van der Waals surface area contributed by atoms with Gasteiger partial charge in [-0.05, 0) is 47.0 Å². The molecule has 0 N–H and O–H groups in total. The van der Waals surface area contributed by atoms with Crippen molar-refractivity contribution in [2.24, 2.45) is 0 Å². The largest absolute Gasteiger partial charge is 0.518 e. The Hall–Kier alpha value is -0.555. The quantitative estimate of drug-likeness (QED) is 0.787. The number of hydrogen-bond acceptors (Lipinski definition) is 4. The lowest BCUT2D eigenvalue weighted by Crippen LogP contribution is -2.41. The van der Waals surface area contributed by atoms with E-state index in [0.717, 1.165) is 25.9 Å². The zero-order valence-electron chi connectivity index (χ0n) is 13.1. The molecule has 0 bridgehead atoms.